The predicted molar refractivity (Wildman–Crippen MR) is 78.2 cm³/mol. The quantitative estimate of drug-likeness (QED) is 0.711. The van der Waals surface area contributed by atoms with Gasteiger partial charge >= 0.3 is 6.18 Å². The maximum absolute atomic E-state index is 12.4. The number of halogens is 3. The predicted octanol–water partition coefficient (Wildman–Crippen LogP) is 1.53. The molecule has 2 aromatic rings. The number of benzene rings is 1. The van der Waals surface area contributed by atoms with Crippen molar-refractivity contribution in [2.24, 2.45) is 0 Å². The molecule has 6 nitrogen and oxygen atoms in total. The number of alkyl halides is 3. The summed E-state index contributed by atoms with van der Waals surface area (Å²) in [6.45, 7) is -0.191. The van der Waals surface area contributed by atoms with E-state index in [4.69, 9.17) is 4.74 Å². The molecule has 0 aliphatic rings. The number of nitrogens with zero attached hydrogens (tertiary/aromatic N) is 1. The van der Waals surface area contributed by atoms with Crippen molar-refractivity contribution in [1.29, 1.82) is 0 Å². The Morgan fingerprint density at radius 1 is 1.29 bits per heavy atom. The second kappa shape index (κ2) is 7.82. The molecule has 0 fully saturated rings. The van der Waals surface area contributed by atoms with Gasteiger partial charge in [-0.05, 0) is 30.3 Å². The van der Waals surface area contributed by atoms with Gasteiger partial charge in [-0.25, -0.2) is 0 Å². The number of aromatic nitrogens is 2. The van der Waals surface area contributed by atoms with Crippen molar-refractivity contribution in [3.05, 3.63) is 47.8 Å². The van der Waals surface area contributed by atoms with E-state index in [1.165, 1.54) is 18.3 Å². The van der Waals surface area contributed by atoms with Crippen LogP contribution in [-0.2, 0) is 17.4 Å². The van der Waals surface area contributed by atoms with Crippen LogP contribution in [0.5, 0.6) is 5.75 Å². The molecule has 3 N–H and O–H groups in total. The minimum absolute atomic E-state index is 0.0341. The summed E-state index contributed by atoms with van der Waals surface area (Å²) in [5.74, 6) is -0.0985. The van der Waals surface area contributed by atoms with Crippen LogP contribution >= 0.6 is 0 Å². The Kier molecular flexibility index (Phi) is 5.80. The standard InChI is InChI=1S/C15H16F3N3O3/c16-15(17,18)10-1-3-13(4-2-10)24-9-12(22)8-19-14(23)7-11-5-6-20-21-11/h1-6,12,22H,7-9H2,(H,19,23)(H,20,21). The number of hydrogen-bond acceptors (Lipinski definition) is 4. The Labute approximate surface area is 135 Å². The van der Waals surface area contributed by atoms with Gasteiger partial charge in [-0.2, -0.15) is 18.3 Å². The summed E-state index contributed by atoms with van der Waals surface area (Å²) in [5.41, 5.74) is -0.135. The summed E-state index contributed by atoms with van der Waals surface area (Å²) in [5, 5.41) is 18.6. The molecule has 0 aliphatic heterocycles. The molecule has 2 rings (SSSR count). The van der Waals surface area contributed by atoms with E-state index in [1.54, 1.807) is 6.07 Å². The SMILES string of the molecule is O=C(Cc1ccn[nH]1)NCC(O)COc1ccc(C(F)(F)F)cc1. The molecule has 9 heteroatoms. The molecule has 0 radical (unpaired) electrons. The summed E-state index contributed by atoms with van der Waals surface area (Å²) in [6, 6.07) is 5.80. The average Bonchev–Trinajstić information content (AvgIpc) is 3.03. The molecule has 0 saturated carbocycles. The largest absolute Gasteiger partial charge is 0.491 e. The van der Waals surface area contributed by atoms with Crippen molar-refractivity contribution in [3.63, 3.8) is 0 Å². The molecule has 0 aliphatic carbocycles. The fourth-order valence-electron chi connectivity index (χ4n) is 1.84. The van der Waals surface area contributed by atoms with Gasteiger partial charge in [-0.15, -0.1) is 0 Å². The van der Waals surface area contributed by atoms with Gasteiger partial charge in [0.1, 0.15) is 18.5 Å². The zero-order valence-electron chi connectivity index (χ0n) is 12.5. The zero-order chi connectivity index (χ0) is 17.6. The summed E-state index contributed by atoms with van der Waals surface area (Å²) in [7, 11) is 0. The maximum atomic E-state index is 12.4. The van der Waals surface area contributed by atoms with Crippen LogP contribution in [0.1, 0.15) is 11.3 Å². The van der Waals surface area contributed by atoms with Crippen LogP contribution in [0.15, 0.2) is 36.5 Å². The highest BCUT2D eigenvalue weighted by Crippen LogP contribution is 2.30. The van der Waals surface area contributed by atoms with Crippen molar-refractivity contribution in [1.82, 2.24) is 15.5 Å². The highest BCUT2D eigenvalue weighted by atomic mass is 19.4. The maximum Gasteiger partial charge on any atom is 0.416 e. The Morgan fingerprint density at radius 3 is 2.58 bits per heavy atom. The van der Waals surface area contributed by atoms with Crippen molar-refractivity contribution in [2.45, 2.75) is 18.7 Å². The fraction of sp³-hybridized carbons (Fsp3) is 0.333. The molecule has 0 bridgehead atoms. The van der Waals surface area contributed by atoms with Gasteiger partial charge in [-0.3, -0.25) is 9.89 Å². The van der Waals surface area contributed by atoms with Gasteiger partial charge in [0, 0.05) is 18.4 Å². The first-order valence-corrected chi connectivity index (χ1v) is 7.07. The Morgan fingerprint density at radius 2 is 2.00 bits per heavy atom. The van der Waals surface area contributed by atoms with Crippen LogP contribution in [0.4, 0.5) is 13.2 Å². The second-order valence-electron chi connectivity index (χ2n) is 5.05. The lowest BCUT2D eigenvalue weighted by molar-refractivity contribution is -0.137. The van der Waals surface area contributed by atoms with Crippen LogP contribution in [-0.4, -0.2) is 40.5 Å². The number of amides is 1. The number of rotatable bonds is 7. The van der Waals surface area contributed by atoms with Crippen molar-refractivity contribution >= 4 is 5.91 Å². The molecule has 1 aromatic heterocycles. The number of aliphatic hydroxyl groups excluding tert-OH is 1. The fourth-order valence-corrected chi connectivity index (χ4v) is 1.84. The monoisotopic (exact) mass is 343 g/mol. The number of carbonyl (C=O) groups excluding carboxylic acids is 1. The lowest BCUT2D eigenvalue weighted by Crippen LogP contribution is -2.36. The minimum Gasteiger partial charge on any atom is -0.491 e. The van der Waals surface area contributed by atoms with E-state index in [9.17, 15) is 23.1 Å². The van der Waals surface area contributed by atoms with Crippen LogP contribution in [0.25, 0.3) is 0 Å². The minimum atomic E-state index is -4.41. The number of H-pyrrole nitrogens is 1. The van der Waals surface area contributed by atoms with E-state index in [-0.39, 0.29) is 31.2 Å². The van der Waals surface area contributed by atoms with E-state index >= 15 is 0 Å². The third-order valence-corrected chi connectivity index (χ3v) is 3.07. The van der Waals surface area contributed by atoms with Crippen molar-refractivity contribution in [3.8, 4) is 5.75 Å². The molecule has 1 unspecified atom stereocenters. The normalized spacial score (nSPS) is 12.7. The van der Waals surface area contributed by atoms with Gasteiger partial charge < -0.3 is 15.2 Å². The number of carbonyl (C=O) groups is 1. The van der Waals surface area contributed by atoms with Crippen molar-refractivity contribution in [2.75, 3.05) is 13.2 Å². The number of hydrogen-bond donors (Lipinski definition) is 3. The van der Waals surface area contributed by atoms with Crippen molar-refractivity contribution < 1.29 is 27.8 Å². The molecular formula is C15H16F3N3O3. The van der Waals surface area contributed by atoms with Gasteiger partial charge in [0.25, 0.3) is 0 Å². The lowest BCUT2D eigenvalue weighted by atomic mass is 10.2. The number of ether oxygens (including phenoxy) is 1. The Balaban J connectivity index is 1.71. The topological polar surface area (TPSA) is 87.2 Å². The van der Waals surface area contributed by atoms with Gasteiger partial charge in [0.2, 0.25) is 5.91 Å². The highest BCUT2D eigenvalue weighted by molar-refractivity contribution is 5.78. The number of aliphatic hydroxyl groups is 1. The zero-order valence-corrected chi connectivity index (χ0v) is 12.5. The summed E-state index contributed by atoms with van der Waals surface area (Å²) in [6.07, 6.45) is -3.77. The molecule has 1 atom stereocenters. The van der Waals surface area contributed by atoms with Gasteiger partial charge in [-0.1, -0.05) is 0 Å². The first-order valence-electron chi connectivity index (χ1n) is 7.07. The average molecular weight is 343 g/mol. The Bertz CT molecular complexity index is 642. The molecular weight excluding hydrogens is 327 g/mol. The highest BCUT2D eigenvalue weighted by Gasteiger charge is 2.30. The number of nitrogens with one attached hydrogen (secondary N) is 2. The summed E-state index contributed by atoms with van der Waals surface area (Å²) in [4.78, 5) is 11.6. The first kappa shape index (κ1) is 17.8. The van der Waals surface area contributed by atoms with Crippen LogP contribution in [0.2, 0.25) is 0 Å². The van der Waals surface area contributed by atoms with E-state index in [0.29, 0.717) is 5.69 Å². The summed E-state index contributed by atoms with van der Waals surface area (Å²) < 4.78 is 42.4. The third-order valence-electron chi connectivity index (χ3n) is 3.07. The van der Waals surface area contributed by atoms with Crippen LogP contribution in [0, 0.1) is 0 Å². The third kappa shape index (κ3) is 5.58. The van der Waals surface area contributed by atoms with Gasteiger partial charge in [0.15, 0.2) is 0 Å². The summed E-state index contributed by atoms with van der Waals surface area (Å²) >= 11 is 0. The molecule has 24 heavy (non-hydrogen) atoms. The smallest absolute Gasteiger partial charge is 0.416 e. The molecule has 1 aromatic carbocycles. The lowest BCUT2D eigenvalue weighted by Gasteiger charge is -2.14. The Hall–Kier alpha value is -2.55. The molecule has 0 spiro atoms. The first-order chi connectivity index (χ1) is 11.3. The van der Waals surface area contributed by atoms with E-state index in [0.717, 1.165) is 12.1 Å². The second-order valence-corrected chi connectivity index (χ2v) is 5.05. The van der Waals surface area contributed by atoms with Gasteiger partial charge in [0.05, 0.1) is 12.0 Å². The number of aromatic amines is 1. The molecule has 1 amide bonds. The van der Waals surface area contributed by atoms with Crippen LogP contribution in [0.3, 0.4) is 0 Å². The molecule has 1 heterocycles. The van der Waals surface area contributed by atoms with Crippen LogP contribution < -0.4 is 10.1 Å². The van der Waals surface area contributed by atoms with E-state index in [2.05, 4.69) is 15.5 Å². The molecule has 0 saturated heterocycles. The van der Waals surface area contributed by atoms with E-state index < -0.39 is 17.8 Å². The molecule has 130 valence electrons. The van der Waals surface area contributed by atoms with E-state index in [1.807, 2.05) is 0 Å².